The number of carbonyl (C=O) groups excluding carboxylic acids is 2. The minimum Gasteiger partial charge on any atom is -0.462 e. The first-order valence-corrected chi connectivity index (χ1v) is 12.8. The molecule has 0 unspecified atom stereocenters. The number of piperidine rings is 1. The van der Waals surface area contributed by atoms with Crippen LogP contribution in [0.15, 0.2) is 35.2 Å². The smallest absolute Gasteiger partial charge is 0.341 e. The van der Waals surface area contributed by atoms with E-state index in [4.69, 9.17) is 4.74 Å². The molecule has 0 saturated carbocycles. The van der Waals surface area contributed by atoms with Crippen molar-refractivity contribution in [2.24, 2.45) is 5.92 Å². The lowest BCUT2D eigenvalue weighted by atomic mass is 9.96. The number of esters is 1. The summed E-state index contributed by atoms with van der Waals surface area (Å²) in [5.41, 5.74) is 2.09. The summed E-state index contributed by atoms with van der Waals surface area (Å²) in [5, 5.41) is 3.01. The lowest BCUT2D eigenvalue weighted by Gasteiger charge is -2.31. The van der Waals surface area contributed by atoms with E-state index in [1.165, 1.54) is 4.31 Å². The predicted octanol–water partition coefficient (Wildman–Crippen LogP) is 3.13. The Labute approximate surface area is 195 Å². The van der Waals surface area contributed by atoms with Crippen LogP contribution in [-0.2, 0) is 19.6 Å². The number of hydrogen-bond donors (Lipinski definition) is 2. The first-order valence-electron chi connectivity index (χ1n) is 11.4. The number of amides is 1. The van der Waals surface area contributed by atoms with Crippen molar-refractivity contribution in [3.05, 3.63) is 52.8 Å². The summed E-state index contributed by atoms with van der Waals surface area (Å²) < 4.78 is 33.2. The number of aromatic amines is 1. The summed E-state index contributed by atoms with van der Waals surface area (Å²) in [6, 6.07) is 9.99. The van der Waals surface area contributed by atoms with Gasteiger partial charge < -0.3 is 15.0 Å². The number of aryl methyl sites for hydroxylation is 2. The minimum atomic E-state index is -3.91. The molecule has 1 fully saturated rings. The summed E-state index contributed by atoms with van der Waals surface area (Å²) >= 11 is 0. The Hall–Kier alpha value is -2.65. The van der Waals surface area contributed by atoms with Gasteiger partial charge in [-0.25, -0.2) is 13.2 Å². The second kappa shape index (κ2) is 10.5. The third kappa shape index (κ3) is 5.47. The van der Waals surface area contributed by atoms with Crippen molar-refractivity contribution >= 4 is 21.9 Å². The molecule has 3 rings (SSSR count). The number of sulfonamides is 1. The van der Waals surface area contributed by atoms with Crippen LogP contribution in [0.3, 0.4) is 0 Å². The van der Waals surface area contributed by atoms with Crippen LogP contribution < -0.4 is 5.32 Å². The molecule has 0 bridgehead atoms. The molecular weight excluding hydrogens is 442 g/mol. The third-order valence-corrected chi connectivity index (χ3v) is 8.24. The van der Waals surface area contributed by atoms with Crippen molar-refractivity contribution in [3.8, 4) is 0 Å². The maximum atomic E-state index is 13.4. The van der Waals surface area contributed by atoms with E-state index in [0.717, 1.165) is 5.56 Å². The van der Waals surface area contributed by atoms with Crippen LogP contribution in [0.4, 0.5) is 0 Å². The molecule has 8 nitrogen and oxygen atoms in total. The monoisotopic (exact) mass is 475 g/mol. The highest BCUT2D eigenvalue weighted by Gasteiger charge is 2.37. The molecule has 1 aliphatic heterocycles. The lowest BCUT2D eigenvalue weighted by molar-refractivity contribution is -0.126. The van der Waals surface area contributed by atoms with E-state index >= 15 is 0 Å². The van der Waals surface area contributed by atoms with Gasteiger partial charge in [0.2, 0.25) is 15.9 Å². The van der Waals surface area contributed by atoms with Crippen LogP contribution in [0.1, 0.15) is 59.9 Å². The average molecular weight is 476 g/mol. The van der Waals surface area contributed by atoms with Crippen molar-refractivity contribution in [3.63, 3.8) is 0 Å². The van der Waals surface area contributed by atoms with Crippen LogP contribution in [-0.4, -0.2) is 55.8 Å². The fraction of sp³-hybridized carbons (Fsp3) is 0.500. The first kappa shape index (κ1) is 25.0. The SMILES string of the molecule is CCOC(=O)c1c(C)[nH]c(C)c1S(=O)(=O)N1CCC(C(=O)NC[C@H](C)c2ccccc2)CC1. The van der Waals surface area contributed by atoms with Gasteiger partial charge in [0.05, 0.1) is 6.61 Å². The molecule has 0 spiro atoms. The molecule has 33 heavy (non-hydrogen) atoms. The fourth-order valence-corrected chi connectivity index (χ4v) is 6.20. The van der Waals surface area contributed by atoms with E-state index < -0.39 is 16.0 Å². The molecule has 1 atom stereocenters. The van der Waals surface area contributed by atoms with E-state index in [0.29, 0.717) is 30.8 Å². The molecule has 1 aromatic carbocycles. The zero-order valence-electron chi connectivity index (χ0n) is 19.7. The topological polar surface area (TPSA) is 109 Å². The molecular formula is C24H33N3O5S. The molecule has 1 amide bonds. The summed E-state index contributed by atoms with van der Waals surface area (Å²) in [7, 11) is -3.91. The Morgan fingerprint density at radius 2 is 1.79 bits per heavy atom. The van der Waals surface area contributed by atoms with Gasteiger partial charge in [-0.1, -0.05) is 37.3 Å². The van der Waals surface area contributed by atoms with Gasteiger partial charge in [-0.05, 0) is 45.1 Å². The van der Waals surface area contributed by atoms with E-state index in [9.17, 15) is 18.0 Å². The number of carbonyl (C=O) groups is 2. The Morgan fingerprint density at radius 3 is 2.39 bits per heavy atom. The molecule has 1 saturated heterocycles. The maximum Gasteiger partial charge on any atom is 0.341 e. The summed E-state index contributed by atoms with van der Waals surface area (Å²) in [6.07, 6.45) is 0.865. The third-order valence-electron chi connectivity index (χ3n) is 6.17. The van der Waals surface area contributed by atoms with Gasteiger partial charge in [-0.15, -0.1) is 0 Å². The van der Waals surface area contributed by atoms with Gasteiger partial charge in [0, 0.05) is 36.9 Å². The zero-order valence-corrected chi connectivity index (χ0v) is 20.5. The Bertz CT molecular complexity index is 1090. The number of H-pyrrole nitrogens is 1. The number of rotatable bonds is 8. The lowest BCUT2D eigenvalue weighted by Crippen LogP contribution is -2.43. The fourth-order valence-electron chi connectivity index (χ4n) is 4.31. The normalized spacial score (nSPS) is 16.4. The molecule has 0 aliphatic carbocycles. The van der Waals surface area contributed by atoms with Gasteiger partial charge in [0.1, 0.15) is 10.5 Å². The van der Waals surface area contributed by atoms with Crippen molar-refractivity contribution in [1.82, 2.24) is 14.6 Å². The molecule has 180 valence electrons. The van der Waals surface area contributed by atoms with E-state index in [1.54, 1.807) is 20.8 Å². The summed E-state index contributed by atoms with van der Waals surface area (Å²) in [4.78, 5) is 28.0. The minimum absolute atomic E-state index is 0.0296. The van der Waals surface area contributed by atoms with Crippen LogP contribution in [0.2, 0.25) is 0 Å². The highest BCUT2D eigenvalue weighted by molar-refractivity contribution is 7.89. The van der Waals surface area contributed by atoms with Gasteiger partial charge >= 0.3 is 5.97 Å². The van der Waals surface area contributed by atoms with E-state index in [-0.39, 0.29) is 47.9 Å². The molecule has 1 aliphatic rings. The number of nitrogens with zero attached hydrogens (tertiary/aromatic N) is 1. The van der Waals surface area contributed by atoms with Gasteiger partial charge in [0.25, 0.3) is 0 Å². The predicted molar refractivity (Wildman–Crippen MR) is 126 cm³/mol. The number of ether oxygens (including phenoxy) is 1. The molecule has 2 aromatic rings. The Kier molecular flexibility index (Phi) is 7.97. The molecule has 1 aromatic heterocycles. The molecule has 2 heterocycles. The number of hydrogen-bond acceptors (Lipinski definition) is 5. The number of aromatic nitrogens is 1. The van der Waals surface area contributed by atoms with Gasteiger partial charge in [0.15, 0.2) is 0 Å². The largest absolute Gasteiger partial charge is 0.462 e. The summed E-state index contributed by atoms with van der Waals surface area (Å²) in [6.45, 7) is 8.17. The molecule has 2 N–H and O–H groups in total. The van der Waals surface area contributed by atoms with Crippen molar-refractivity contribution in [1.29, 1.82) is 0 Å². The number of nitrogens with one attached hydrogen (secondary N) is 2. The van der Waals surface area contributed by atoms with Gasteiger partial charge in [-0.3, -0.25) is 4.79 Å². The van der Waals surface area contributed by atoms with Crippen LogP contribution in [0, 0.1) is 19.8 Å². The van der Waals surface area contributed by atoms with Crippen molar-refractivity contribution in [2.45, 2.75) is 51.3 Å². The quantitative estimate of drug-likeness (QED) is 0.570. The Balaban J connectivity index is 1.63. The van der Waals surface area contributed by atoms with Gasteiger partial charge in [-0.2, -0.15) is 4.31 Å². The highest BCUT2D eigenvalue weighted by atomic mass is 32.2. The van der Waals surface area contributed by atoms with E-state index in [2.05, 4.69) is 17.2 Å². The molecule has 9 heteroatoms. The van der Waals surface area contributed by atoms with Crippen LogP contribution in [0.5, 0.6) is 0 Å². The second-order valence-corrected chi connectivity index (χ2v) is 10.4. The zero-order chi connectivity index (χ0) is 24.2. The first-order chi connectivity index (χ1) is 15.7. The molecule has 0 radical (unpaired) electrons. The maximum absolute atomic E-state index is 13.4. The van der Waals surface area contributed by atoms with Crippen LogP contribution in [0.25, 0.3) is 0 Å². The average Bonchev–Trinajstić information content (AvgIpc) is 3.12. The van der Waals surface area contributed by atoms with Crippen molar-refractivity contribution < 1.29 is 22.7 Å². The van der Waals surface area contributed by atoms with Crippen molar-refractivity contribution in [2.75, 3.05) is 26.2 Å². The number of benzene rings is 1. The second-order valence-electron chi connectivity index (χ2n) is 8.53. The highest BCUT2D eigenvalue weighted by Crippen LogP contribution is 2.30. The van der Waals surface area contributed by atoms with E-state index in [1.807, 2.05) is 30.3 Å². The standard InChI is InChI=1S/C24H33N3O5S/c1-5-32-24(29)21-17(3)26-18(4)22(21)33(30,31)27-13-11-20(12-14-27)23(28)25-15-16(2)19-9-7-6-8-10-19/h6-10,16,20,26H,5,11-15H2,1-4H3,(H,25,28)/t16-/m0/s1. The van der Waals surface area contributed by atoms with Crippen LogP contribution >= 0.6 is 0 Å². The Morgan fingerprint density at radius 1 is 1.15 bits per heavy atom. The summed E-state index contributed by atoms with van der Waals surface area (Å²) in [5.74, 6) is -0.745.